The second-order valence-corrected chi connectivity index (χ2v) is 4.91. The summed E-state index contributed by atoms with van der Waals surface area (Å²) in [5.74, 6) is 5.43. The van der Waals surface area contributed by atoms with E-state index < -0.39 is 12.7 Å². The zero-order valence-electron chi connectivity index (χ0n) is 10.0. The van der Waals surface area contributed by atoms with E-state index in [9.17, 15) is 13.2 Å². The molecule has 0 radical (unpaired) electrons. The first-order chi connectivity index (χ1) is 8.93. The van der Waals surface area contributed by atoms with Crippen LogP contribution in [0.25, 0.3) is 10.2 Å². The molecule has 0 fully saturated rings. The molecule has 0 amide bonds. The molecule has 4 N–H and O–H groups in total. The van der Waals surface area contributed by atoms with Crippen molar-refractivity contribution in [2.75, 3.05) is 17.3 Å². The number of alkyl halides is 3. The first-order valence-corrected chi connectivity index (χ1v) is 6.32. The van der Waals surface area contributed by atoms with Crippen LogP contribution in [-0.2, 0) is 6.42 Å². The third-order valence-corrected chi connectivity index (χ3v) is 3.55. The molecule has 2 aromatic heterocycles. The number of halogens is 3. The van der Waals surface area contributed by atoms with Crippen LogP contribution in [0.4, 0.5) is 24.9 Å². The zero-order chi connectivity index (χ0) is 14.0. The van der Waals surface area contributed by atoms with Crippen molar-refractivity contribution in [1.29, 1.82) is 0 Å². The maximum atomic E-state index is 12.3. The van der Waals surface area contributed by atoms with Crippen molar-refractivity contribution >= 4 is 33.3 Å². The molecule has 2 aromatic rings. The molecule has 0 aliphatic rings. The minimum Gasteiger partial charge on any atom is -0.360 e. The molecule has 0 aliphatic heterocycles. The van der Waals surface area contributed by atoms with E-state index in [1.165, 1.54) is 11.3 Å². The summed E-state index contributed by atoms with van der Waals surface area (Å²) < 4.78 is 36.8. The predicted octanol–water partition coefficient (Wildman–Crippen LogP) is 2.51. The van der Waals surface area contributed by atoms with Crippen LogP contribution in [0.1, 0.15) is 11.8 Å². The van der Waals surface area contributed by atoms with Gasteiger partial charge in [-0.15, -0.1) is 11.3 Å². The van der Waals surface area contributed by atoms with E-state index in [-0.39, 0.29) is 11.8 Å². The van der Waals surface area contributed by atoms with E-state index in [0.29, 0.717) is 10.2 Å². The number of nitrogens with two attached hydrogens (primary N) is 1. The largest absolute Gasteiger partial charge is 0.405 e. The highest BCUT2D eigenvalue weighted by Gasteiger charge is 2.27. The van der Waals surface area contributed by atoms with Gasteiger partial charge in [0.25, 0.3) is 0 Å². The minimum absolute atomic E-state index is 0.0849. The number of anilines is 2. The van der Waals surface area contributed by atoms with Crippen molar-refractivity contribution in [1.82, 2.24) is 9.97 Å². The highest BCUT2D eigenvalue weighted by molar-refractivity contribution is 7.18. The van der Waals surface area contributed by atoms with Gasteiger partial charge in [-0.1, -0.05) is 6.92 Å². The predicted molar refractivity (Wildman–Crippen MR) is 69.1 cm³/mol. The molecule has 0 bridgehead atoms. The van der Waals surface area contributed by atoms with Gasteiger partial charge in [0.15, 0.2) is 0 Å². The summed E-state index contributed by atoms with van der Waals surface area (Å²) in [6.07, 6.45) is -3.53. The molecule has 0 spiro atoms. The van der Waals surface area contributed by atoms with Crippen LogP contribution in [-0.4, -0.2) is 22.7 Å². The molecule has 0 aromatic carbocycles. The van der Waals surface area contributed by atoms with Gasteiger partial charge >= 0.3 is 6.18 Å². The lowest BCUT2D eigenvalue weighted by atomic mass is 10.3. The summed E-state index contributed by atoms with van der Waals surface area (Å²) in [7, 11) is 0. The van der Waals surface area contributed by atoms with Gasteiger partial charge in [0.2, 0.25) is 5.95 Å². The quantitative estimate of drug-likeness (QED) is 0.596. The third-order valence-electron chi connectivity index (χ3n) is 2.38. The molecular weight excluding hydrogens is 279 g/mol. The van der Waals surface area contributed by atoms with Gasteiger partial charge < -0.3 is 5.32 Å². The molecule has 2 rings (SSSR count). The Balaban J connectivity index is 2.41. The van der Waals surface area contributed by atoms with E-state index in [4.69, 9.17) is 5.84 Å². The second kappa shape index (κ2) is 5.17. The Morgan fingerprint density at radius 2 is 2.11 bits per heavy atom. The molecule has 0 aliphatic carbocycles. The Labute approximate surface area is 111 Å². The maximum absolute atomic E-state index is 12.3. The van der Waals surface area contributed by atoms with Gasteiger partial charge in [0.1, 0.15) is 17.2 Å². The second-order valence-electron chi connectivity index (χ2n) is 3.79. The molecule has 0 saturated heterocycles. The van der Waals surface area contributed by atoms with E-state index >= 15 is 0 Å². The maximum Gasteiger partial charge on any atom is 0.405 e. The number of nitrogens with zero attached hydrogens (tertiary/aromatic N) is 2. The van der Waals surface area contributed by atoms with Crippen molar-refractivity contribution in [2.45, 2.75) is 19.5 Å². The first-order valence-electron chi connectivity index (χ1n) is 5.50. The van der Waals surface area contributed by atoms with Gasteiger partial charge in [-0.05, 0) is 12.5 Å². The average Bonchev–Trinajstić information content (AvgIpc) is 2.77. The number of thiophene rings is 1. The summed E-state index contributed by atoms with van der Waals surface area (Å²) in [6, 6.07) is 1.79. The van der Waals surface area contributed by atoms with E-state index in [1.807, 2.05) is 6.92 Å². The molecule has 19 heavy (non-hydrogen) atoms. The van der Waals surface area contributed by atoms with Gasteiger partial charge in [0, 0.05) is 4.88 Å². The molecule has 104 valence electrons. The van der Waals surface area contributed by atoms with Crippen LogP contribution in [0.5, 0.6) is 0 Å². The number of aromatic nitrogens is 2. The number of rotatable bonds is 4. The van der Waals surface area contributed by atoms with E-state index in [2.05, 4.69) is 20.7 Å². The van der Waals surface area contributed by atoms with Crippen LogP contribution >= 0.6 is 11.3 Å². The topological polar surface area (TPSA) is 75.9 Å². The summed E-state index contributed by atoms with van der Waals surface area (Å²) in [5, 5.41) is 2.85. The average molecular weight is 291 g/mol. The summed E-state index contributed by atoms with van der Waals surface area (Å²) >= 11 is 1.41. The molecule has 5 nitrogen and oxygen atoms in total. The van der Waals surface area contributed by atoms with Gasteiger partial charge in [-0.2, -0.15) is 18.2 Å². The standard InChI is InChI=1S/C10H12F3N5S/c1-2-5-3-6-7(15-4-10(11,12)13)16-9(18-14)17-8(6)19-5/h3H,2,4,14H2,1H3,(H2,15,16,17,18). The number of aryl methyl sites for hydroxylation is 1. The lowest BCUT2D eigenvalue weighted by molar-refractivity contribution is -0.115. The Bertz CT molecular complexity index is 580. The van der Waals surface area contributed by atoms with Crippen LogP contribution < -0.4 is 16.6 Å². The fraction of sp³-hybridized carbons (Fsp3) is 0.400. The normalized spacial score (nSPS) is 11.8. The molecule has 2 heterocycles. The summed E-state index contributed by atoms with van der Waals surface area (Å²) in [5.41, 5.74) is 2.25. The Kier molecular flexibility index (Phi) is 3.76. The molecular formula is C10H12F3N5S. The number of hydrogen-bond donors (Lipinski definition) is 3. The highest BCUT2D eigenvalue weighted by atomic mass is 32.1. The summed E-state index contributed by atoms with van der Waals surface area (Å²) in [4.78, 5) is 9.66. The molecule has 9 heteroatoms. The number of hydrazine groups is 1. The molecule has 0 atom stereocenters. The first kappa shape index (κ1) is 13.8. The van der Waals surface area contributed by atoms with E-state index in [1.54, 1.807) is 6.07 Å². The van der Waals surface area contributed by atoms with Crippen molar-refractivity contribution in [3.05, 3.63) is 10.9 Å². The SMILES string of the molecule is CCc1cc2c(NCC(F)(F)F)nc(NN)nc2s1. The molecule has 0 saturated carbocycles. The van der Waals surface area contributed by atoms with Crippen molar-refractivity contribution in [2.24, 2.45) is 5.84 Å². The zero-order valence-corrected chi connectivity index (χ0v) is 10.8. The Morgan fingerprint density at radius 3 is 2.68 bits per heavy atom. The molecule has 0 unspecified atom stereocenters. The lowest BCUT2D eigenvalue weighted by Crippen LogP contribution is -2.22. The van der Waals surface area contributed by atoms with Crippen LogP contribution in [0, 0.1) is 0 Å². The fourth-order valence-corrected chi connectivity index (χ4v) is 2.50. The van der Waals surface area contributed by atoms with Gasteiger partial charge in [0.05, 0.1) is 5.39 Å². The van der Waals surface area contributed by atoms with Crippen molar-refractivity contribution in [3.63, 3.8) is 0 Å². The smallest absolute Gasteiger partial charge is 0.360 e. The number of hydrogen-bond acceptors (Lipinski definition) is 6. The van der Waals surface area contributed by atoms with Gasteiger partial charge in [-0.3, -0.25) is 5.43 Å². The van der Waals surface area contributed by atoms with Gasteiger partial charge in [-0.25, -0.2) is 10.8 Å². The lowest BCUT2D eigenvalue weighted by Gasteiger charge is -2.10. The highest BCUT2D eigenvalue weighted by Crippen LogP contribution is 2.30. The van der Waals surface area contributed by atoms with Crippen LogP contribution in [0.3, 0.4) is 0 Å². The van der Waals surface area contributed by atoms with E-state index in [0.717, 1.165) is 11.3 Å². The number of fused-ring (bicyclic) bond motifs is 1. The number of nitrogens with one attached hydrogen (secondary N) is 2. The summed E-state index contributed by atoms with van der Waals surface area (Å²) in [6.45, 7) is 0.809. The third kappa shape index (κ3) is 3.24. The number of nitrogen functional groups attached to an aromatic ring is 1. The Hall–Kier alpha value is -1.61. The Morgan fingerprint density at radius 1 is 1.37 bits per heavy atom. The van der Waals surface area contributed by atoms with Crippen LogP contribution in [0.2, 0.25) is 0 Å². The minimum atomic E-state index is -4.31. The van der Waals surface area contributed by atoms with Crippen molar-refractivity contribution < 1.29 is 13.2 Å². The fourth-order valence-electron chi connectivity index (χ4n) is 1.53. The van der Waals surface area contributed by atoms with Crippen LogP contribution in [0.15, 0.2) is 6.07 Å². The monoisotopic (exact) mass is 291 g/mol. The van der Waals surface area contributed by atoms with Crippen molar-refractivity contribution in [3.8, 4) is 0 Å².